The first kappa shape index (κ1) is 17.2. The molecule has 0 atom stereocenters. The SMILES string of the molecule is CC1(C)CCN(C(=O)NCc2nnc3n2CCOC3)CC(C)(C)C1. The Hall–Kier alpha value is -1.63. The fraction of sp³-hybridized carbons (Fsp3) is 0.824. The molecule has 24 heavy (non-hydrogen) atoms. The van der Waals surface area contributed by atoms with E-state index in [4.69, 9.17) is 4.74 Å². The van der Waals surface area contributed by atoms with Crippen molar-refractivity contribution in [3.63, 3.8) is 0 Å². The van der Waals surface area contributed by atoms with Crippen molar-refractivity contribution in [2.75, 3.05) is 19.7 Å². The summed E-state index contributed by atoms with van der Waals surface area (Å²) in [4.78, 5) is 14.6. The van der Waals surface area contributed by atoms with Gasteiger partial charge in [0.1, 0.15) is 6.61 Å². The molecule has 0 aromatic carbocycles. The highest BCUT2D eigenvalue weighted by Gasteiger charge is 2.35. The molecule has 1 N–H and O–H groups in total. The third-order valence-electron chi connectivity index (χ3n) is 4.91. The molecule has 2 aliphatic rings. The van der Waals surface area contributed by atoms with Crippen molar-refractivity contribution in [3.8, 4) is 0 Å². The smallest absolute Gasteiger partial charge is 0.317 e. The van der Waals surface area contributed by atoms with Crippen molar-refractivity contribution in [2.24, 2.45) is 10.8 Å². The van der Waals surface area contributed by atoms with Crippen LogP contribution in [0.1, 0.15) is 52.2 Å². The van der Waals surface area contributed by atoms with Crippen LogP contribution in [-0.2, 0) is 24.4 Å². The lowest BCUT2D eigenvalue weighted by Crippen LogP contribution is -2.43. The second-order valence-corrected chi connectivity index (χ2v) is 8.57. The molecule has 1 aromatic heterocycles. The zero-order valence-electron chi connectivity index (χ0n) is 15.3. The molecule has 3 rings (SSSR count). The fourth-order valence-electron chi connectivity index (χ4n) is 4.10. The number of hydrogen-bond donors (Lipinski definition) is 1. The summed E-state index contributed by atoms with van der Waals surface area (Å²) < 4.78 is 7.41. The number of fused-ring (bicyclic) bond motifs is 1. The molecule has 3 heterocycles. The van der Waals surface area contributed by atoms with Gasteiger partial charge in [-0.15, -0.1) is 10.2 Å². The fourth-order valence-corrected chi connectivity index (χ4v) is 4.10. The van der Waals surface area contributed by atoms with E-state index in [0.29, 0.717) is 19.8 Å². The van der Waals surface area contributed by atoms with Crippen LogP contribution in [0, 0.1) is 10.8 Å². The van der Waals surface area contributed by atoms with E-state index in [-0.39, 0.29) is 16.9 Å². The van der Waals surface area contributed by atoms with Gasteiger partial charge >= 0.3 is 6.03 Å². The minimum Gasteiger partial charge on any atom is -0.372 e. The third-order valence-corrected chi connectivity index (χ3v) is 4.91. The van der Waals surface area contributed by atoms with Crippen LogP contribution in [0.4, 0.5) is 4.79 Å². The summed E-state index contributed by atoms with van der Waals surface area (Å²) in [6, 6.07) is -0.00909. The number of likely N-dealkylation sites (tertiary alicyclic amines) is 1. The molecule has 2 amide bonds. The Morgan fingerprint density at radius 2 is 2.00 bits per heavy atom. The zero-order valence-corrected chi connectivity index (χ0v) is 15.3. The second-order valence-electron chi connectivity index (χ2n) is 8.57. The van der Waals surface area contributed by atoms with Crippen LogP contribution in [0.3, 0.4) is 0 Å². The largest absolute Gasteiger partial charge is 0.372 e. The number of amides is 2. The first-order valence-electron chi connectivity index (χ1n) is 8.77. The molecule has 0 radical (unpaired) electrons. The molecule has 0 bridgehead atoms. The third kappa shape index (κ3) is 3.88. The molecule has 1 aromatic rings. The average Bonchev–Trinajstić information content (AvgIpc) is 2.86. The second kappa shape index (κ2) is 6.35. The van der Waals surface area contributed by atoms with E-state index in [9.17, 15) is 4.79 Å². The van der Waals surface area contributed by atoms with Gasteiger partial charge in [-0.3, -0.25) is 0 Å². The minimum atomic E-state index is -0.00909. The number of nitrogens with one attached hydrogen (secondary N) is 1. The maximum Gasteiger partial charge on any atom is 0.317 e. The molecule has 1 fully saturated rings. The van der Waals surface area contributed by atoms with Gasteiger partial charge in [0.25, 0.3) is 0 Å². The lowest BCUT2D eigenvalue weighted by atomic mass is 9.75. The quantitative estimate of drug-likeness (QED) is 0.899. The van der Waals surface area contributed by atoms with Gasteiger partial charge in [-0.05, 0) is 23.7 Å². The molecule has 0 unspecified atom stereocenters. The van der Waals surface area contributed by atoms with Crippen molar-refractivity contribution in [3.05, 3.63) is 11.6 Å². The Morgan fingerprint density at radius 3 is 2.79 bits per heavy atom. The monoisotopic (exact) mass is 335 g/mol. The van der Waals surface area contributed by atoms with Crippen LogP contribution in [-0.4, -0.2) is 45.4 Å². The minimum absolute atomic E-state index is 0.00909. The first-order valence-corrected chi connectivity index (χ1v) is 8.77. The number of ether oxygens (including phenoxy) is 1. The summed E-state index contributed by atoms with van der Waals surface area (Å²) in [5, 5.41) is 11.3. The van der Waals surface area contributed by atoms with Crippen molar-refractivity contribution in [1.29, 1.82) is 0 Å². The highest BCUT2D eigenvalue weighted by Crippen LogP contribution is 2.39. The van der Waals surface area contributed by atoms with Gasteiger partial charge in [-0.2, -0.15) is 0 Å². The van der Waals surface area contributed by atoms with Crippen molar-refractivity contribution in [1.82, 2.24) is 25.0 Å². The van der Waals surface area contributed by atoms with Crippen molar-refractivity contribution >= 4 is 6.03 Å². The summed E-state index contributed by atoms with van der Waals surface area (Å²) in [6.45, 7) is 13.0. The Morgan fingerprint density at radius 1 is 1.21 bits per heavy atom. The van der Waals surface area contributed by atoms with E-state index in [1.54, 1.807) is 0 Å². The molecule has 0 saturated carbocycles. The molecule has 2 aliphatic heterocycles. The summed E-state index contributed by atoms with van der Waals surface area (Å²) >= 11 is 0. The summed E-state index contributed by atoms with van der Waals surface area (Å²) in [5.74, 6) is 1.64. The van der Waals surface area contributed by atoms with Crippen LogP contribution in [0.15, 0.2) is 0 Å². The number of aromatic nitrogens is 3. The van der Waals surface area contributed by atoms with E-state index in [2.05, 4.69) is 43.2 Å². The lowest BCUT2D eigenvalue weighted by Gasteiger charge is -2.32. The number of urea groups is 1. The molecule has 1 saturated heterocycles. The number of carbonyl (C=O) groups is 1. The number of nitrogens with zero attached hydrogens (tertiary/aromatic N) is 4. The Bertz CT molecular complexity index is 608. The standard InChI is InChI=1S/C17H29N5O2/c1-16(2)5-6-21(12-17(3,4)11-16)15(23)18-9-13-19-20-14-10-24-8-7-22(13)14/h5-12H2,1-4H3,(H,18,23). The Balaban J connectivity index is 1.61. The molecular formula is C17H29N5O2. The molecule has 7 nitrogen and oxygen atoms in total. The zero-order chi connectivity index (χ0) is 17.4. The molecule has 0 spiro atoms. The summed E-state index contributed by atoms with van der Waals surface area (Å²) in [7, 11) is 0. The highest BCUT2D eigenvalue weighted by molar-refractivity contribution is 5.74. The predicted molar refractivity (Wildman–Crippen MR) is 90.3 cm³/mol. The maximum absolute atomic E-state index is 12.6. The predicted octanol–water partition coefficient (Wildman–Crippen LogP) is 2.17. The van der Waals surface area contributed by atoms with Gasteiger partial charge in [0.05, 0.1) is 13.2 Å². The van der Waals surface area contributed by atoms with Crippen LogP contribution in [0.5, 0.6) is 0 Å². The molecule has 134 valence electrons. The van der Waals surface area contributed by atoms with Gasteiger partial charge in [0.2, 0.25) is 0 Å². The van der Waals surface area contributed by atoms with E-state index in [1.807, 2.05) is 9.47 Å². The van der Waals surface area contributed by atoms with Crippen LogP contribution in [0.25, 0.3) is 0 Å². The first-order chi connectivity index (χ1) is 11.3. The normalized spacial score (nSPS) is 22.6. The van der Waals surface area contributed by atoms with Crippen LogP contribution in [0.2, 0.25) is 0 Å². The van der Waals surface area contributed by atoms with Crippen molar-refractivity contribution < 1.29 is 9.53 Å². The molecule has 7 heteroatoms. The van der Waals surface area contributed by atoms with E-state index >= 15 is 0 Å². The Kier molecular flexibility index (Phi) is 4.55. The lowest BCUT2D eigenvalue weighted by molar-refractivity contribution is 0.0805. The highest BCUT2D eigenvalue weighted by atomic mass is 16.5. The van der Waals surface area contributed by atoms with Gasteiger partial charge in [0, 0.05) is 19.6 Å². The van der Waals surface area contributed by atoms with Crippen molar-refractivity contribution in [2.45, 2.75) is 60.2 Å². The van der Waals surface area contributed by atoms with Crippen LogP contribution < -0.4 is 5.32 Å². The average molecular weight is 335 g/mol. The van der Waals surface area contributed by atoms with Gasteiger partial charge < -0.3 is 19.5 Å². The summed E-state index contributed by atoms with van der Waals surface area (Å²) in [5.41, 5.74) is 0.396. The number of rotatable bonds is 2. The maximum atomic E-state index is 12.6. The molecule has 0 aliphatic carbocycles. The number of carbonyl (C=O) groups excluding carboxylic acids is 1. The summed E-state index contributed by atoms with van der Waals surface area (Å²) in [6.07, 6.45) is 2.16. The van der Waals surface area contributed by atoms with Crippen LogP contribution >= 0.6 is 0 Å². The van der Waals surface area contributed by atoms with Gasteiger partial charge in [-0.1, -0.05) is 27.7 Å². The van der Waals surface area contributed by atoms with E-state index < -0.39 is 0 Å². The topological polar surface area (TPSA) is 72.3 Å². The van der Waals surface area contributed by atoms with E-state index in [0.717, 1.165) is 44.1 Å². The van der Waals surface area contributed by atoms with E-state index in [1.165, 1.54) is 0 Å². The molecular weight excluding hydrogens is 306 g/mol. The number of hydrogen-bond acceptors (Lipinski definition) is 4. The Labute approximate surface area is 143 Å². The van der Waals surface area contributed by atoms with Gasteiger partial charge in [0.15, 0.2) is 11.6 Å². The van der Waals surface area contributed by atoms with Gasteiger partial charge in [-0.25, -0.2) is 4.79 Å².